The molecule has 0 aliphatic carbocycles. The summed E-state index contributed by atoms with van der Waals surface area (Å²) in [7, 11) is -3.16. The van der Waals surface area contributed by atoms with Gasteiger partial charge in [-0.15, -0.1) is 11.3 Å². The number of rotatable bonds is 8. The SMILES string of the molecule is CCNCCCS(=O)(=O)NCc1cscn1. The van der Waals surface area contributed by atoms with Crippen LogP contribution in [0.2, 0.25) is 0 Å². The molecule has 0 saturated heterocycles. The lowest BCUT2D eigenvalue weighted by atomic mass is 10.5. The molecule has 7 heteroatoms. The lowest BCUT2D eigenvalue weighted by Gasteiger charge is -2.05. The summed E-state index contributed by atoms with van der Waals surface area (Å²) in [6, 6.07) is 0. The van der Waals surface area contributed by atoms with Crippen molar-refractivity contribution in [2.75, 3.05) is 18.8 Å². The molecule has 0 aliphatic heterocycles. The first kappa shape index (κ1) is 13.6. The third-order valence-corrected chi connectivity index (χ3v) is 4.02. The molecule has 1 aromatic rings. The highest BCUT2D eigenvalue weighted by molar-refractivity contribution is 7.89. The van der Waals surface area contributed by atoms with Crippen LogP contribution in [0.3, 0.4) is 0 Å². The summed E-state index contributed by atoms with van der Waals surface area (Å²) < 4.78 is 25.6. The Bertz CT molecular complexity index is 375. The van der Waals surface area contributed by atoms with Gasteiger partial charge in [0.2, 0.25) is 10.0 Å². The van der Waals surface area contributed by atoms with E-state index in [1.807, 2.05) is 12.3 Å². The van der Waals surface area contributed by atoms with Gasteiger partial charge in [-0.1, -0.05) is 6.92 Å². The van der Waals surface area contributed by atoms with Crippen molar-refractivity contribution in [2.24, 2.45) is 0 Å². The Kier molecular flexibility index (Phi) is 5.89. The molecule has 16 heavy (non-hydrogen) atoms. The fourth-order valence-electron chi connectivity index (χ4n) is 1.14. The van der Waals surface area contributed by atoms with Crippen molar-refractivity contribution in [3.8, 4) is 0 Å². The molecule has 2 N–H and O–H groups in total. The summed E-state index contributed by atoms with van der Waals surface area (Å²) in [5.41, 5.74) is 2.45. The number of thiazole rings is 1. The van der Waals surface area contributed by atoms with E-state index in [4.69, 9.17) is 0 Å². The number of hydrogen-bond acceptors (Lipinski definition) is 5. The molecule has 0 saturated carbocycles. The van der Waals surface area contributed by atoms with Gasteiger partial charge in [0.25, 0.3) is 0 Å². The second-order valence-electron chi connectivity index (χ2n) is 3.33. The lowest BCUT2D eigenvalue weighted by Crippen LogP contribution is -2.28. The maximum atomic E-state index is 11.5. The average molecular weight is 263 g/mol. The minimum absolute atomic E-state index is 0.157. The number of aromatic nitrogens is 1. The fraction of sp³-hybridized carbons (Fsp3) is 0.667. The maximum Gasteiger partial charge on any atom is 0.211 e. The Morgan fingerprint density at radius 3 is 2.94 bits per heavy atom. The van der Waals surface area contributed by atoms with Gasteiger partial charge in [-0.05, 0) is 19.5 Å². The molecule has 1 aromatic heterocycles. The molecule has 0 unspecified atom stereocenters. The zero-order valence-electron chi connectivity index (χ0n) is 9.27. The van der Waals surface area contributed by atoms with E-state index < -0.39 is 10.0 Å². The molecule has 0 atom stereocenters. The molecule has 0 radical (unpaired) electrons. The van der Waals surface area contributed by atoms with Crippen LogP contribution in [0.4, 0.5) is 0 Å². The second kappa shape index (κ2) is 6.95. The maximum absolute atomic E-state index is 11.5. The summed E-state index contributed by atoms with van der Waals surface area (Å²) in [5, 5.41) is 4.92. The standard InChI is InChI=1S/C9H17N3O2S2/c1-2-10-4-3-5-16(13,14)12-6-9-7-15-8-11-9/h7-8,10,12H,2-6H2,1H3. The molecular formula is C9H17N3O2S2. The van der Waals surface area contributed by atoms with Gasteiger partial charge in [-0.25, -0.2) is 18.1 Å². The summed E-state index contributed by atoms with van der Waals surface area (Å²) in [4.78, 5) is 4.01. The Hall–Kier alpha value is -0.500. The first-order chi connectivity index (χ1) is 7.64. The number of nitrogens with zero attached hydrogens (tertiary/aromatic N) is 1. The van der Waals surface area contributed by atoms with Crippen molar-refractivity contribution in [1.82, 2.24) is 15.0 Å². The fourth-order valence-corrected chi connectivity index (χ4v) is 2.74. The van der Waals surface area contributed by atoms with Crippen LogP contribution in [0.25, 0.3) is 0 Å². The van der Waals surface area contributed by atoms with Crippen molar-refractivity contribution in [1.29, 1.82) is 0 Å². The van der Waals surface area contributed by atoms with Gasteiger partial charge in [-0.2, -0.15) is 0 Å². The van der Waals surface area contributed by atoms with Crippen LogP contribution in [0.1, 0.15) is 19.0 Å². The third-order valence-electron chi connectivity index (χ3n) is 1.97. The zero-order chi connectivity index (χ0) is 11.9. The summed E-state index contributed by atoms with van der Waals surface area (Å²) in [6.07, 6.45) is 0.625. The molecule has 1 heterocycles. The highest BCUT2D eigenvalue weighted by Crippen LogP contribution is 2.01. The smallest absolute Gasteiger partial charge is 0.211 e. The van der Waals surface area contributed by atoms with Crippen molar-refractivity contribution >= 4 is 21.4 Å². The van der Waals surface area contributed by atoms with E-state index in [9.17, 15) is 8.42 Å². The predicted molar refractivity (Wildman–Crippen MR) is 65.9 cm³/mol. The first-order valence-corrected chi connectivity index (χ1v) is 7.78. The lowest BCUT2D eigenvalue weighted by molar-refractivity contribution is 0.575. The van der Waals surface area contributed by atoms with Crippen LogP contribution in [-0.4, -0.2) is 32.2 Å². The van der Waals surface area contributed by atoms with Crippen LogP contribution in [0, 0.1) is 0 Å². The van der Waals surface area contributed by atoms with Gasteiger partial charge in [0.15, 0.2) is 0 Å². The van der Waals surface area contributed by atoms with Crippen LogP contribution < -0.4 is 10.0 Å². The largest absolute Gasteiger partial charge is 0.317 e. The van der Waals surface area contributed by atoms with Crippen molar-refractivity contribution in [2.45, 2.75) is 19.9 Å². The first-order valence-electron chi connectivity index (χ1n) is 5.19. The van der Waals surface area contributed by atoms with Crippen LogP contribution in [-0.2, 0) is 16.6 Å². The van der Waals surface area contributed by atoms with Crippen molar-refractivity contribution in [3.05, 3.63) is 16.6 Å². The molecular weight excluding hydrogens is 246 g/mol. The number of sulfonamides is 1. The van der Waals surface area contributed by atoms with Gasteiger partial charge in [0.05, 0.1) is 23.5 Å². The minimum Gasteiger partial charge on any atom is -0.317 e. The molecule has 1 rings (SSSR count). The van der Waals surface area contributed by atoms with E-state index in [-0.39, 0.29) is 12.3 Å². The van der Waals surface area contributed by atoms with Crippen molar-refractivity contribution < 1.29 is 8.42 Å². The van der Waals surface area contributed by atoms with E-state index in [2.05, 4.69) is 15.0 Å². The third kappa shape index (κ3) is 5.55. The van der Waals surface area contributed by atoms with Crippen LogP contribution in [0.5, 0.6) is 0 Å². The molecule has 0 aromatic carbocycles. The summed E-state index contributed by atoms with van der Waals surface area (Å²) in [6.45, 7) is 3.88. The van der Waals surface area contributed by atoms with E-state index in [1.54, 1.807) is 5.51 Å². The Morgan fingerprint density at radius 1 is 1.50 bits per heavy atom. The Labute approximate surface area is 100 Å². The molecule has 92 valence electrons. The quantitative estimate of drug-likeness (QED) is 0.672. The van der Waals surface area contributed by atoms with E-state index in [1.165, 1.54) is 11.3 Å². The molecule has 0 amide bonds. The average Bonchev–Trinajstić information content (AvgIpc) is 2.75. The second-order valence-corrected chi connectivity index (χ2v) is 5.97. The summed E-state index contributed by atoms with van der Waals surface area (Å²) in [5.74, 6) is 0.157. The van der Waals surface area contributed by atoms with Crippen LogP contribution in [0.15, 0.2) is 10.9 Å². The predicted octanol–water partition coefficient (Wildman–Crippen LogP) is 0.562. The molecule has 0 spiro atoms. The molecule has 0 bridgehead atoms. The van der Waals surface area contributed by atoms with Gasteiger partial charge < -0.3 is 5.32 Å². The van der Waals surface area contributed by atoms with E-state index in [0.29, 0.717) is 6.42 Å². The Morgan fingerprint density at radius 2 is 2.31 bits per heavy atom. The highest BCUT2D eigenvalue weighted by Gasteiger charge is 2.09. The number of hydrogen-bond donors (Lipinski definition) is 2. The van der Waals surface area contributed by atoms with Crippen LogP contribution >= 0.6 is 11.3 Å². The zero-order valence-corrected chi connectivity index (χ0v) is 10.9. The molecule has 0 aliphatic rings. The minimum atomic E-state index is -3.16. The monoisotopic (exact) mass is 263 g/mol. The topological polar surface area (TPSA) is 71.1 Å². The molecule has 0 fully saturated rings. The van der Waals surface area contributed by atoms with Gasteiger partial charge in [0.1, 0.15) is 0 Å². The summed E-state index contributed by atoms with van der Waals surface area (Å²) >= 11 is 1.46. The van der Waals surface area contributed by atoms with Gasteiger partial charge >= 0.3 is 0 Å². The molecule has 5 nitrogen and oxygen atoms in total. The van der Waals surface area contributed by atoms with E-state index in [0.717, 1.165) is 18.8 Å². The highest BCUT2D eigenvalue weighted by atomic mass is 32.2. The van der Waals surface area contributed by atoms with Gasteiger partial charge in [-0.3, -0.25) is 0 Å². The van der Waals surface area contributed by atoms with Gasteiger partial charge in [0, 0.05) is 5.38 Å². The van der Waals surface area contributed by atoms with E-state index >= 15 is 0 Å². The van der Waals surface area contributed by atoms with Crippen molar-refractivity contribution in [3.63, 3.8) is 0 Å². The Balaban J connectivity index is 2.23. The normalized spacial score (nSPS) is 11.8. The number of nitrogens with one attached hydrogen (secondary N) is 2.